The van der Waals surface area contributed by atoms with Gasteiger partial charge in [0.05, 0.1) is 29.7 Å². The van der Waals surface area contributed by atoms with E-state index in [-0.39, 0.29) is 32.5 Å². The molecule has 3 amide bonds. The Bertz CT molecular complexity index is 1550. The fraction of sp³-hybridized carbons (Fsp3) is 0.250. The number of rotatable bonds is 4. The third-order valence-corrected chi connectivity index (χ3v) is 6.70. The maximum absolute atomic E-state index is 13.9. The molecule has 3 aromatic rings. The average molecular weight is 655 g/mol. The first-order valence-corrected chi connectivity index (χ1v) is 12.5. The van der Waals surface area contributed by atoms with E-state index in [0.29, 0.717) is 0 Å². The van der Waals surface area contributed by atoms with E-state index in [1.165, 1.54) is 30.5 Å². The predicted octanol–water partition coefficient (Wildman–Crippen LogP) is 5.65. The molecule has 3 heterocycles. The van der Waals surface area contributed by atoms with Crippen molar-refractivity contribution in [2.45, 2.75) is 23.7 Å². The second kappa shape index (κ2) is 11.5. The van der Waals surface area contributed by atoms with Gasteiger partial charge >= 0.3 is 24.5 Å². The monoisotopic (exact) mass is 654 g/mol. The SMILES string of the molecule is CNC1(C(F)(F)F)OC(=O)Nc2ccc(Cl)cc21.O=C1Nc2ccc(Cl)cc2C(CNC(=O)c2cn[nH]c2)(C(F)(F)F)O1. The van der Waals surface area contributed by atoms with Crippen LogP contribution in [0.1, 0.15) is 21.5 Å². The molecule has 0 fully saturated rings. The molecule has 2 atom stereocenters. The van der Waals surface area contributed by atoms with E-state index >= 15 is 0 Å². The number of nitrogens with zero attached hydrogens (tertiary/aromatic N) is 1. The Labute approximate surface area is 247 Å². The summed E-state index contributed by atoms with van der Waals surface area (Å²) in [6, 6.07) is 7.36. The molecule has 2 unspecified atom stereocenters. The first kappa shape index (κ1) is 31.7. The van der Waals surface area contributed by atoms with Gasteiger partial charge < -0.3 is 14.8 Å². The normalized spacial score (nSPS) is 21.0. The van der Waals surface area contributed by atoms with E-state index < -0.39 is 53.9 Å². The molecule has 0 bridgehead atoms. The lowest BCUT2D eigenvalue weighted by Crippen LogP contribution is -2.58. The first-order valence-electron chi connectivity index (χ1n) is 11.7. The van der Waals surface area contributed by atoms with Gasteiger partial charge in [-0.1, -0.05) is 23.2 Å². The Balaban J connectivity index is 0.000000208. The fourth-order valence-corrected chi connectivity index (χ4v) is 4.56. The molecule has 11 nitrogen and oxygen atoms in total. The number of aromatic amines is 1. The minimum absolute atomic E-state index is 0.00215. The molecule has 0 radical (unpaired) electrons. The van der Waals surface area contributed by atoms with Crippen molar-refractivity contribution in [3.05, 3.63) is 75.5 Å². The number of benzene rings is 2. The van der Waals surface area contributed by atoms with Gasteiger partial charge in [0.1, 0.15) is 0 Å². The van der Waals surface area contributed by atoms with Gasteiger partial charge in [0.2, 0.25) is 0 Å². The molecule has 2 aliphatic heterocycles. The summed E-state index contributed by atoms with van der Waals surface area (Å²) in [5.41, 5.74) is -6.73. The topological polar surface area (TPSA) is 146 Å². The van der Waals surface area contributed by atoms with Gasteiger partial charge in [0.25, 0.3) is 17.2 Å². The average Bonchev–Trinajstić information content (AvgIpc) is 3.46. The zero-order valence-electron chi connectivity index (χ0n) is 21.3. The summed E-state index contributed by atoms with van der Waals surface area (Å²) in [7, 11) is 1.05. The van der Waals surface area contributed by atoms with Crippen LogP contribution < -0.4 is 21.3 Å². The highest BCUT2D eigenvalue weighted by atomic mass is 35.5. The third-order valence-electron chi connectivity index (χ3n) is 6.23. The van der Waals surface area contributed by atoms with E-state index in [1.54, 1.807) is 0 Å². The van der Waals surface area contributed by atoms with Crippen molar-refractivity contribution >= 4 is 52.7 Å². The zero-order chi connectivity index (χ0) is 31.8. The molecule has 5 N–H and O–H groups in total. The Morgan fingerprint density at radius 3 is 1.98 bits per heavy atom. The number of carbonyl (C=O) groups is 3. The molecule has 0 saturated carbocycles. The Kier molecular flexibility index (Phi) is 8.45. The number of halogens is 8. The molecular weight excluding hydrogens is 637 g/mol. The summed E-state index contributed by atoms with van der Waals surface area (Å²) >= 11 is 11.5. The smallest absolute Gasteiger partial charge is 0.426 e. The number of nitrogens with one attached hydrogen (secondary N) is 5. The minimum atomic E-state index is -5.01. The van der Waals surface area contributed by atoms with Crippen molar-refractivity contribution in [1.82, 2.24) is 20.8 Å². The van der Waals surface area contributed by atoms with Crippen molar-refractivity contribution in [2.75, 3.05) is 24.2 Å². The van der Waals surface area contributed by atoms with Crippen LogP contribution in [-0.2, 0) is 20.8 Å². The molecular formula is C24H18Cl2F6N6O5. The molecule has 230 valence electrons. The van der Waals surface area contributed by atoms with E-state index in [4.69, 9.17) is 23.2 Å². The van der Waals surface area contributed by atoms with Crippen molar-refractivity contribution in [1.29, 1.82) is 0 Å². The van der Waals surface area contributed by atoms with Gasteiger partial charge in [-0.3, -0.25) is 25.8 Å². The summed E-state index contributed by atoms with van der Waals surface area (Å²) < 4.78 is 90.1. The van der Waals surface area contributed by atoms with Crippen molar-refractivity contribution in [3.63, 3.8) is 0 Å². The Morgan fingerprint density at radius 1 is 0.907 bits per heavy atom. The summed E-state index contributed by atoms with van der Waals surface area (Å²) in [4.78, 5) is 34.8. The standard InChI is InChI=1S/C14H10ClF3N4O3.C10H8ClF3N2O2/c15-8-1-2-10-9(3-8)13(14(16,17)18,25-12(24)22-10)6-19-11(23)7-4-20-21-5-7;1-15-9(10(12,13)14)6-4-5(11)2-3-7(6)16-8(17)18-9/h1-5H,6H2,(H,19,23)(H,20,21)(H,22,24);2-4,15H,1H3,(H,16,17). The molecule has 2 aliphatic rings. The number of aromatic nitrogens is 2. The second-order valence-corrected chi connectivity index (χ2v) is 9.71. The summed E-state index contributed by atoms with van der Waals surface area (Å²) in [6.07, 6.45) is -9.93. The van der Waals surface area contributed by atoms with Gasteiger partial charge in [-0.15, -0.1) is 0 Å². The minimum Gasteiger partial charge on any atom is -0.426 e. The zero-order valence-corrected chi connectivity index (χ0v) is 22.8. The summed E-state index contributed by atoms with van der Waals surface area (Å²) in [5, 5.41) is 14.5. The number of hydrogen-bond donors (Lipinski definition) is 5. The quantitative estimate of drug-likeness (QED) is 0.229. The highest BCUT2D eigenvalue weighted by Gasteiger charge is 2.63. The van der Waals surface area contributed by atoms with Crippen LogP contribution in [0.25, 0.3) is 0 Å². The Hall–Kier alpha value is -4.22. The maximum Gasteiger partial charge on any atom is 0.447 e. The summed E-state index contributed by atoms with van der Waals surface area (Å²) in [5.74, 6) is -0.810. The number of ether oxygens (including phenoxy) is 2. The Morgan fingerprint density at radius 2 is 1.47 bits per heavy atom. The van der Waals surface area contributed by atoms with Crippen LogP contribution in [0.3, 0.4) is 0 Å². The lowest BCUT2D eigenvalue weighted by Gasteiger charge is -2.39. The molecule has 0 saturated heterocycles. The number of cyclic esters (lactones) is 2. The highest BCUT2D eigenvalue weighted by Crippen LogP contribution is 2.48. The number of amides is 3. The van der Waals surface area contributed by atoms with Gasteiger partial charge in [0.15, 0.2) is 0 Å². The number of hydrogen-bond acceptors (Lipinski definition) is 7. The number of alkyl halides is 6. The van der Waals surface area contributed by atoms with Gasteiger partial charge in [-0.25, -0.2) is 9.59 Å². The van der Waals surface area contributed by atoms with Gasteiger partial charge in [-0.05, 0) is 43.4 Å². The molecule has 2 aromatic carbocycles. The lowest BCUT2D eigenvalue weighted by atomic mass is 9.89. The largest absolute Gasteiger partial charge is 0.447 e. The van der Waals surface area contributed by atoms with Crippen LogP contribution in [0.4, 0.5) is 47.3 Å². The second-order valence-electron chi connectivity index (χ2n) is 8.83. The van der Waals surface area contributed by atoms with E-state index in [2.05, 4.69) is 35.6 Å². The molecule has 0 spiro atoms. The van der Waals surface area contributed by atoms with Crippen LogP contribution in [0.5, 0.6) is 0 Å². The highest BCUT2D eigenvalue weighted by molar-refractivity contribution is 6.31. The van der Waals surface area contributed by atoms with Crippen molar-refractivity contribution in [2.24, 2.45) is 0 Å². The van der Waals surface area contributed by atoms with Crippen molar-refractivity contribution < 1.29 is 50.2 Å². The number of anilines is 2. The third kappa shape index (κ3) is 6.00. The van der Waals surface area contributed by atoms with Gasteiger partial charge in [0, 0.05) is 27.4 Å². The van der Waals surface area contributed by atoms with E-state index in [1.807, 2.05) is 5.32 Å². The fourth-order valence-electron chi connectivity index (χ4n) is 4.22. The number of carbonyl (C=O) groups excluding carboxylic acids is 3. The molecule has 19 heteroatoms. The van der Waals surface area contributed by atoms with Crippen LogP contribution in [0.2, 0.25) is 10.0 Å². The molecule has 0 aliphatic carbocycles. The number of H-pyrrole nitrogens is 1. The van der Waals surface area contributed by atoms with Crippen LogP contribution in [0, 0.1) is 0 Å². The predicted molar refractivity (Wildman–Crippen MR) is 139 cm³/mol. The maximum atomic E-state index is 13.9. The first-order chi connectivity index (χ1) is 20.0. The van der Waals surface area contributed by atoms with E-state index in [9.17, 15) is 40.7 Å². The number of fused-ring (bicyclic) bond motifs is 2. The van der Waals surface area contributed by atoms with Gasteiger partial charge in [-0.2, -0.15) is 31.4 Å². The summed E-state index contributed by atoms with van der Waals surface area (Å²) in [6.45, 7) is -1.03. The lowest BCUT2D eigenvalue weighted by molar-refractivity contribution is -0.275. The van der Waals surface area contributed by atoms with Crippen LogP contribution in [-0.4, -0.2) is 54.2 Å². The molecule has 43 heavy (non-hydrogen) atoms. The van der Waals surface area contributed by atoms with Crippen LogP contribution in [0.15, 0.2) is 48.8 Å². The van der Waals surface area contributed by atoms with Crippen LogP contribution >= 0.6 is 23.2 Å². The molecule has 5 rings (SSSR count). The van der Waals surface area contributed by atoms with Crippen molar-refractivity contribution in [3.8, 4) is 0 Å². The van der Waals surface area contributed by atoms with E-state index in [0.717, 1.165) is 25.4 Å². The molecule has 1 aromatic heterocycles.